The second-order valence-electron chi connectivity index (χ2n) is 4.28. The van der Waals surface area contributed by atoms with Gasteiger partial charge in [0.2, 0.25) is 0 Å². The van der Waals surface area contributed by atoms with E-state index in [9.17, 15) is 4.79 Å². The minimum atomic E-state index is -0.834. The molecule has 14 heavy (non-hydrogen) atoms. The minimum Gasteiger partial charge on any atom is -0.480 e. The lowest BCUT2D eigenvalue weighted by Crippen LogP contribution is -2.20. The van der Waals surface area contributed by atoms with Crippen molar-refractivity contribution in [3.63, 3.8) is 0 Å². The van der Waals surface area contributed by atoms with Crippen LogP contribution in [0.2, 0.25) is 0 Å². The third-order valence-corrected chi connectivity index (χ3v) is 2.17. The summed E-state index contributed by atoms with van der Waals surface area (Å²) in [6.45, 7) is 6.01. The van der Waals surface area contributed by atoms with E-state index in [-0.39, 0.29) is 5.41 Å². The normalized spacial score (nSPS) is 14.6. The molecule has 0 saturated carbocycles. The maximum Gasteiger partial charge on any atom is 0.328 e. The first kappa shape index (κ1) is 13.5. The SMILES string of the molecule is CSCC[C@@H](N=CC(C)(C)C)C(=O)O. The number of hydrogen-bond donors (Lipinski definition) is 1. The molecule has 0 saturated heterocycles. The molecule has 0 unspecified atom stereocenters. The summed E-state index contributed by atoms with van der Waals surface area (Å²) >= 11 is 1.64. The number of carboxylic acid groups (broad SMARTS) is 1. The molecule has 0 bridgehead atoms. The monoisotopic (exact) mass is 217 g/mol. The molecule has 1 atom stereocenters. The standard InChI is InChI=1S/C10H19NO2S/c1-10(2,3)7-11-8(9(12)13)5-6-14-4/h7-8H,5-6H2,1-4H3,(H,12,13)/t8-/m1/s1. The van der Waals surface area contributed by atoms with E-state index in [1.165, 1.54) is 0 Å². The summed E-state index contributed by atoms with van der Waals surface area (Å²) in [5.41, 5.74) is -0.0486. The van der Waals surface area contributed by atoms with E-state index in [0.29, 0.717) is 6.42 Å². The van der Waals surface area contributed by atoms with Crippen LogP contribution in [0.15, 0.2) is 4.99 Å². The Bertz CT molecular complexity index is 209. The fraction of sp³-hybridized carbons (Fsp3) is 0.800. The van der Waals surface area contributed by atoms with E-state index < -0.39 is 12.0 Å². The lowest BCUT2D eigenvalue weighted by atomic mass is 9.99. The average Bonchev–Trinajstić information content (AvgIpc) is 2.01. The average molecular weight is 217 g/mol. The lowest BCUT2D eigenvalue weighted by Gasteiger charge is -2.12. The van der Waals surface area contributed by atoms with Crippen LogP contribution in [-0.4, -0.2) is 35.3 Å². The van der Waals surface area contributed by atoms with E-state index in [2.05, 4.69) is 4.99 Å². The van der Waals surface area contributed by atoms with Gasteiger partial charge in [-0.2, -0.15) is 11.8 Å². The van der Waals surface area contributed by atoms with Crippen LogP contribution in [0.3, 0.4) is 0 Å². The highest BCUT2D eigenvalue weighted by molar-refractivity contribution is 7.98. The summed E-state index contributed by atoms with van der Waals surface area (Å²) < 4.78 is 0. The lowest BCUT2D eigenvalue weighted by molar-refractivity contribution is -0.138. The van der Waals surface area contributed by atoms with Crippen LogP contribution in [0.25, 0.3) is 0 Å². The number of carbonyl (C=O) groups is 1. The van der Waals surface area contributed by atoms with Crippen LogP contribution in [0.5, 0.6) is 0 Å². The fourth-order valence-corrected chi connectivity index (χ4v) is 1.26. The van der Waals surface area contributed by atoms with Gasteiger partial charge in [0.15, 0.2) is 0 Å². The fourth-order valence-electron chi connectivity index (χ4n) is 0.805. The Morgan fingerprint density at radius 2 is 2.14 bits per heavy atom. The number of hydrogen-bond acceptors (Lipinski definition) is 3. The van der Waals surface area contributed by atoms with E-state index in [0.717, 1.165) is 5.75 Å². The topological polar surface area (TPSA) is 49.7 Å². The molecule has 0 amide bonds. The van der Waals surface area contributed by atoms with Gasteiger partial charge in [-0.05, 0) is 23.8 Å². The van der Waals surface area contributed by atoms with E-state index >= 15 is 0 Å². The van der Waals surface area contributed by atoms with E-state index in [1.54, 1.807) is 18.0 Å². The van der Waals surface area contributed by atoms with Crippen molar-refractivity contribution in [1.82, 2.24) is 0 Å². The Hall–Kier alpha value is -0.510. The summed E-state index contributed by atoms with van der Waals surface area (Å²) in [6, 6.07) is -0.582. The quantitative estimate of drug-likeness (QED) is 0.719. The molecule has 0 spiro atoms. The predicted octanol–water partition coefficient (Wildman–Crippen LogP) is 2.31. The van der Waals surface area contributed by atoms with Gasteiger partial charge in [0.1, 0.15) is 6.04 Å². The Morgan fingerprint density at radius 3 is 2.50 bits per heavy atom. The van der Waals surface area contributed by atoms with Gasteiger partial charge in [-0.3, -0.25) is 4.99 Å². The molecule has 0 rings (SSSR count). The van der Waals surface area contributed by atoms with Crippen molar-refractivity contribution in [2.24, 2.45) is 10.4 Å². The zero-order chi connectivity index (χ0) is 11.2. The number of nitrogens with zero attached hydrogens (tertiary/aromatic N) is 1. The molecule has 3 nitrogen and oxygen atoms in total. The Morgan fingerprint density at radius 1 is 1.57 bits per heavy atom. The van der Waals surface area contributed by atoms with Crippen LogP contribution in [0, 0.1) is 5.41 Å². The first-order chi connectivity index (χ1) is 6.37. The van der Waals surface area contributed by atoms with Gasteiger partial charge in [-0.1, -0.05) is 20.8 Å². The zero-order valence-corrected chi connectivity index (χ0v) is 10.1. The Balaban J connectivity index is 4.23. The van der Waals surface area contributed by atoms with Crippen LogP contribution in [0.4, 0.5) is 0 Å². The summed E-state index contributed by atoms with van der Waals surface area (Å²) in [4.78, 5) is 14.9. The third kappa shape index (κ3) is 6.95. The molecule has 0 aliphatic carbocycles. The molecule has 0 aliphatic heterocycles. The molecule has 0 aliphatic rings. The number of aliphatic imine (C=N–C) groups is 1. The summed E-state index contributed by atoms with van der Waals surface area (Å²) in [5, 5.41) is 8.87. The second kappa shape index (κ2) is 6.06. The molecule has 0 heterocycles. The maximum atomic E-state index is 10.8. The van der Waals surface area contributed by atoms with Crippen LogP contribution in [0.1, 0.15) is 27.2 Å². The highest BCUT2D eigenvalue weighted by Gasteiger charge is 2.16. The third-order valence-electron chi connectivity index (χ3n) is 1.52. The number of thioether (sulfide) groups is 1. The van der Waals surface area contributed by atoms with E-state index in [4.69, 9.17) is 5.11 Å². The molecule has 0 radical (unpaired) electrons. The zero-order valence-electron chi connectivity index (χ0n) is 9.28. The first-order valence-corrected chi connectivity index (χ1v) is 6.02. The largest absolute Gasteiger partial charge is 0.480 e. The molecule has 0 aromatic rings. The molecule has 1 N–H and O–H groups in total. The maximum absolute atomic E-state index is 10.8. The highest BCUT2D eigenvalue weighted by atomic mass is 32.2. The molecule has 4 heteroatoms. The van der Waals surface area contributed by atoms with E-state index in [1.807, 2.05) is 27.0 Å². The van der Waals surface area contributed by atoms with Crippen LogP contribution in [-0.2, 0) is 4.79 Å². The molecular weight excluding hydrogens is 198 g/mol. The highest BCUT2D eigenvalue weighted by Crippen LogP contribution is 2.11. The number of carboxylic acids is 1. The van der Waals surface area contributed by atoms with Gasteiger partial charge in [-0.15, -0.1) is 0 Å². The predicted molar refractivity (Wildman–Crippen MR) is 62.4 cm³/mol. The summed E-state index contributed by atoms with van der Waals surface area (Å²) in [5.74, 6) is -0.00195. The van der Waals surface area contributed by atoms with Crippen molar-refractivity contribution in [3.05, 3.63) is 0 Å². The number of aliphatic carboxylic acids is 1. The van der Waals surface area contributed by atoms with Crippen molar-refractivity contribution >= 4 is 23.9 Å². The van der Waals surface area contributed by atoms with Gasteiger partial charge >= 0.3 is 5.97 Å². The summed E-state index contributed by atoms with van der Waals surface area (Å²) in [7, 11) is 0. The first-order valence-electron chi connectivity index (χ1n) is 4.63. The van der Waals surface area contributed by atoms with Crippen LogP contribution >= 0.6 is 11.8 Å². The van der Waals surface area contributed by atoms with Gasteiger partial charge in [0.05, 0.1) is 0 Å². The van der Waals surface area contributed by atoms with Gasteiger partial charge in [-0.25, -0.2) is 4.79 Å². The second-order valence-corrected chi connectivity index (χ2v) is 5.27. The molecule has 82 valence electrons. The van der Waals surface area contributed by atoms with Crippen molar-refractivity contribution in [3.8, 4) is 0 Å². The van der Waals surface area contributed by atoms with Crippen LogP contribution < -0.4 is 0 Å². The minimum absolute atomic E-state index is 0.0486. The number of rotatable bonds is 5. The smallest absolute Gasteiger partial charge is 0.328 e. The Labute approximate surface area is 90.0 Å². The van der Waals surface area contributed by atoms with Crippen molar-refractivity contribution in [1.29, 1.82) is 0 Å². The summed E-state index contributed by atoms with van der Waals surface area (Å²) in [6.07, 6.45) is 4.29. The molecule has 0 aromatic heterocycles. The Kier molecular flexibility index (Phi) is 5.84. The van der Waals surface area contributed by atoms with Gasteiger partial charge in [0, 0.05) is 6.21 Å². The van der Waals surface area contributed by atoms with Crippen molar-refractivity contribution in [2.45, 2.75) is 33.2 Å². The van der Waals surface area contributed by atoms with Gasteiger partial charge < -0.3 is 5.11 Å². The van der Waals surface area contributed by atoms with Gasteiger partial charge in [0.25, 0.3) is 0 Å². The molecular formula is C10H19NO2S. The van der Waals surface area contributed by atoms with Crippen molar-refractivity contribution in [2.75, 3.05) is 12.0 Å². The molecule has 0 aromatic carbocycles. The van der Waals surface area contributed by atoms with Crippen molar-refractivity contribution < 1.29 is 9.90 Å². The molecule has 0 fully saturated rings.